The summed E-state index contributed by atoms with van der Waals surface area (Å²) in [5, 5.41) is 1.33. The molecule has 0 aliphatic heterocycles. The van der Waals surface area contributed by atoms with Gasteiger partial charge in [-0.05, 0) is 41.5 Å². The standard InChI is InChI=1S/C28H20N4O3/c1-30-25-23(27(34)31(2)28(30)35)24-21(26(33)32(25)20-11-7-4-8-12-20)16-19-15-18(13-14-22(19)29-24)17-9-5-3-6-10-17/h3-16H,1-2H3. The van der Waals surface area contributed by atoms with E-state index in [1.54, 1.807) is 25.2 Å². The molecule has 7 nitrogen and oxygen atoms in total. The van der Waals surface area contributed by atoms with Gasteiger partial charge < -0.3 is 0 Å². The van der Waals surface area contributed by atoms with Crippen LogP contribution in [-0.2, 0) is 14.1 Å². The van der Waals surface area contributed by atoms with E-state index < -0.39 is 11.2 Å². The fraction of sp³-hybridized carbons (Fsp3) is 0.0714. The van der Waals surface area contributed by atoms with Crippen molar-refractivity contribution >= 4 is 32.8 Å². The maximum atomic E-state index is 13.9. The van der Waals surface area contributed by atoms with E-state index in [2.05, 4.69) is 0 Å². The highest BCUT2D eigenvalue weighted by Gasteiger charge is 2.21. The maximum absolute atomic E-state index is 13.9. The molecule has 3 heterocycles. The minimum absolute atomic E-state index is 0.217. The predicted octanol–water partition coefficient (Wildman–Crippen LogP) is 3.76. The fourth-order valence-electron chi connectivity index (χ4n) is 4.68. The van der Waals surface area contributed by atoms with Gasteiger partial charge in [0.25, 0.3) is 11.1 Å². The Hall–Kier alpha value is -4.78. The molecule has 0 aliphatic rings. The molecule has 0 saturated heterocycles. The van der Waals surface area contributed by atoms with Gasteiger partial charge in [-0.3, -0.25) is 23.3 Å². The van der Waals surface area contributed by atoms with Crippen LogP contribution in [0.15, 0.2) is 99.3 Å². The molecule has 0 atom stereocenters. The van der Waals surface area contributed by atoms with Gasteiger partial charge in [0, 0.05) is 19.5 Å². The molecule has 170 valence electrons. The quantitative estimate of drug-likeness (QED) is 0.291. The molecule has 0 spiro atoms. The lowest BCUT2D eigenvalue weighted by Crippen LogP contribution is -2.39. The first kappa shape index (κ1) is 20.8. The average Bonchev–Trinajstić information content (AvgIpc) is 2.90. The summed E-state index contributed by atoms with van der Waals surface area (Å²) in [7, 11) is 2.99. The normalized spacial score (nSPS) is 11.5. The van der Waals surface area contributed by atoms with Crippen LogP contribution in [0, 0.1) is 0 Å². The third-order valence-electron chi connectivity index (χ3n) is 6.45. The highest BCUT2D eigenvalue weighted by atomic mass is 16.2. The van der Waals surface area contributed by atoms with Crippen molar-refractivity contribution in [3.05, 3.63) is 116 Å². The van der Waals surface area contributed by atoms with Crippen LogP contribution in [0.25, 0.3) is 49.7 Å². The van der Waals surface area contributed by atoms with Crippen LogP contribution in [0.1, 0.15) is 0 Å². The SMILES string of the molecule is Cn1c(=O)c2c3nc4ccc(-c5ccccc5)cc4cc3c(=O)n(-c3ccccc3)c2n(C)c1=O. The van der Waals surface area contributed by atoms with Crippen LogP contribution in [0.5, 0.6) is 0 Å². The highest BCUT2D eigenvalue weighted by Crippen LogP contribution is 2.27. The van der Waals surface area contributed by atoms with Gasteiger partial charge in [0.2, 0.25) is 0 Å². The zero-order valence-electron chi connectivity index (χ0n) is 19.1. The first-order chi connectivity index (χ1) is 17.0. The topological polar surface area (TPSA) is 78.9 Å². The van der Waals surface area contributed by atoms with Crippen molar-refractivity contribution in [2.45, 2.75) is 0 Å². The van der Waals surface area contributed by atoms with Crippen molar-refractivity contribution in [3.63, 3.8) is 0 Å². The molecule has 6 aromatic rings. The fourth-order valence-corrected chi connectivity index (χ4v) is 4.68. The van der Waals surface area contributed by atoms with E-state index >= 15 is 0 Å². The first-order valence-corrected chi connectivity index (χ1v) is 11.2. The summed E-state index contributed by atoms with van der Waals surface area (Å²) in [6.07, 6.45) is 0. The molecule has 3 aromatic carbocycles. The van der Waals surface area contributed by atoms with E-state index in [1.165, 1.54) is 16.2 Å². The van der Waals surface area contributed by atoms with Crippen molar-refractivity contribution < 1.29 is 0 Å². The monoisotopic (exact) mass is 460 g/mol. The average molecular weight is 460 g/mol. The summed E-state index contributed by atoms with van der Waals surface area (Å²) in [5.74, 6) is 0. The Morgan fingerprint density at radius 3 is 2.09 bits per heavy atom. The predicted molar refractivity (Wildman–Crippen MR) is 138 cm³/mol. The van der Waals surface area contributed by atoms with Crippen LogP contribution in [0.2, 0.25) is 0 Å². The highest BCUT2D eigenvalue weighted by molar-refractivity contribution is 6.06. The first-order valence-electron chi connectivity index (χ1n) is 11.2. The summed E-state index contributed by atoms with van der Waals surface area (Å²) in [6, 6.07) is 26.6. The number of hydrogen-bond donors (Lipinski definition) is 0. The summed E-state index contributed by atoms with van der Waals surface area (Å²) < 4.78 is 3.80. The number of para-hydroxylation sites is 1. The van der Waals surface area contributed by atoms with Gasteiger partial charge in [-0.2, -0.15) is 0 Å². The lowest BCUT2D eigenvalue weighted by Gasteiger charge is -2.16. The molecule has 0 fully saturated rings. The number of nitrogens with zero attached hydrogens (tertiary/aromatic N) is 4. The minimum Gasteiger partial charge on any atom is -0.281 e. The van der Waals surface area contributed by atoms with Crippen molar-refractivity contribution in [2.24, 2.45) is 14.1 Å². The van der Waals surface area contributed by atoms with Crippen LogP contribution < -0.4 is 16.8 Å². The third kappa shape index (κ3) is 3.05. The largest absolute Gasteiger partial charge is 0.332 e. The Bertz CT molecular complexity index is 1970. The van der Waals surface area contributed by atoms with Crippen molar-refractivity contribution in [1.29, 1.82) is 0 Å². The van der Waals surface area contributed by atoms with E-state index in [0.29, 0.717) is 16.6 Å². The molecule has 0 saturated carbocycles. The van der Waals surface area contributed by atoms with E-state index in [4.69, 9.17) is 4.98 Å². The molecule has 6 rings (SSSR count). The van der Waals surface area contributed by atoms with Crippen molar-refractivity contribution in [1.82, 2.24) is 18.7 Å². The second kappa shape index (κ2) is 7.63. The molecule has 0 aliphatic carbocycles. The molecule has 0 bridgehead atoms. The Morgan fingerprint density at radius 1 is 0.686 bits per heavy atom. The lowest BCUT2D eigenvalue weighted by atomic mass is 10.0. The minimum atomic E-state index is -0.515. The van der Waals surface area contributed by atoms with Gasteiger partial charge in [-0.25, -0.2) is 9.78 Å². The van der Waals surface area contributed by atoms with E-state index in [1.807, 2.05) is 66.7 Å². The van der Waals surface area contributed by atoms with Crippen LogP contribution in [0.3, 0.4) is 0 Å². The molecular formula is C28H20N4O3. The second-order valence-electron chi connectivity index (χ2n) is 8.54. The number of fused-ring (bicyclic) bond motifs is 4. The summed E-state index contributed by atoms with van der Waals surface area (Å²) in [5.41, 5.74) is 2.42. The van der Waals surface area contributed by atoms with Crippen LogP contribution in [0.4, 0.5) is 0 Å². The molecule has 0 N–H and O–H groups in total. The van der Waals surface area contributed by atoms with E-state index in [-0.39, 0.29) is 22.1 Å². The molecule has 3 aromatic heterocycles. The van der Waals surface area contributed by atoms with Crippen molar-refractivity contribution in [3.8, 4) is 16.8 Å². The van der Waals surface area contributed by atoms with Gasteiger partial charge in [0.15, 0.2) is 0 Å². The second-order valence-corrected chi connectivity index (χ2v) is 8.54. The van der Waals surface area contributed by atoms with E-state index in [9.17, 15) is 14.4 Å². The number of aromatic nitrogens is 4. The van der Waals surface area contributed by atoms with Crippen LogP contribution in [-0.4, -0.2) is 18.7 Å². The summed E-state index contributed by atoms with van der Waals surface area (Å²) >= 11 is 0. The molecule has 35 heavy (non-hydrogen) atoms. The van der Waals surface area contributed by atoms with Gasteiger partial charge in [0.1, 0.15) is 11.0 Å². The molecule has 0 unspecified atom stereocenters. The number of pyridine rings is 2. The smallest absolute Gasteiger partial charge is 0.281 e. The van der Waals surface area contributed by atoms with Crippen molar-refractivity contribution in [2.75, 3.05) is 0 Å². The number of hydrogen-bond acceptors (Lipinski definition) is 4. The maximum Gasteiger partial charge on any atom is 0.332 e. The zero-order chi connectivity index (χ0) is 24.3. The summed E-state index contributed by atoms with van der Waals surface area (Å²) in [4.78, 5) is 44.9. The number of benzene rings is 3. The third-order valence-corrected chi connectivity index (χ3v) is 6.45. The molecule has 0 amide bonds. The number of aryl methyl sites for hydroxylation is 1. The van der Waals surface area contributed by atoms with Gasteiger partial charge in [-0.1, -0.05) is 54.6 Å². The Labute approximate surface area is 198 Å². The molecule has 0 radical (unpaired) electrons. The van der Waals surface area contributed by atoms with Gasteiger partial charge >= 0.3 is 5.69 Å². The number of rotatable bonds is 2. The van der Waals surface area contributed by atoms with Gasteiger partial charge in [0.05, 0.1) is 22.1 Å². The zero-order valence-corrected chi connectivity index (χ0v) is 19.1. The summed E-state index contributed by atoms with van der Waals surface area (Å²) in [6.45, 7) is 0. The lowest BCUT2D eigenvalue weighted by molar-refractivity contribution is 0.700. The molecule has 7 heteroatoms. The Kier molecular flexibility index (Phi) is 4.54. The molecular weight excluding hydrogens is 440 g/mol. The Balaban J connectivity index is 1.82. The Morgan fingerprint density at radius 2 is 1.37 bits per heavy atom. The van der Waals surface area contributed by atoms with Crippen LogP contribution >= 0.6 is 0 Å². The van der Waals surface area contributed by atoms with E-state index in [0.717, 1.165) is 21.1 Å². The van der Waals surface area contributed by atoms with Gasteiger partial charge in [-0.15, -0.1) is 0 Å².